The maximum absolute atomic E-state index is 12.1. The van der Waals surface area contributed by atoms with Gasteiger partial charge in [-0.25, -0.2) is 13.2 Å². The summed E-state index contributed by atoms with van der Waals surface area (Å²) in [6.45, 7) is 2.29. The number of amides is 1. The molecule has 0 aromatic heterocycles. The second-order valence-corrected chi connectivity index (χ2v) is 8.20. The normalized spacial score (nSPS) is 17.2. The number of sulfonamides is 1. The van der Waals surface area contributed by atoms with Gasteiger partial charge in [0.15, 0.2) is 6.61 Å². The molecule has 0 unspecified atom stereocenters. The first-order valence-electron chi connectivity index (χ1n) is 8.81. The van der Waals surface area contributed by atoms with Gasteiger partial charge in [-0.1, -0.05) is 24.3 Å². The Bertz CT molecular complexity index is 979. The minimum Gasteiger partial charge on any atom is -0.452 e. The summed E-state index contributed by atoms with van der Waals surface area (Å²) in [7, 11) is -3.45. The number of rotatable bonds is 6. The first kappa shape index (κ1) is 19.8. The van der Waals surface area contributed by atoms with Gasteiger partial charge in [-0.05, 0) is 36.6 Å². The van der Waals surface area contributed by atoms with Crippen molar-refractivity contribution in [3.8, 4) is 0 Å². The Morgan fingerprint density at radius 1 is 1.25 bits per heavy atom. The number of nitrogens with zero attached hydrogens (tertiary/aromatic N) is 2. The lowest BCUT2D eigenvalue weighted by Crippen LogP contribution is -2.37. The average molecular weight is 403 g/mol. The number of aryl methyl sites for hydroxylation is 1. The number of hydrogen-bond acceptors (Lipinski definition) is 6. The number of carbonyl (C=O) groups is 2. The smallest absolute Gasteiger partial charge is 0.340 e. The lowest BCUT2D eigenvalue weighted by molar-refractivity contribution is -0.144. The Labute approximate surface area is 163 Å². The van der Waals surface area contributed by atoms with Gasteiger partial charge in [0.2, 0.25) is 0 Å². The molecule has 3 rings (SSSR count). The molecule has 1 aromatic carbocycles. The molecule has 9 heteroatoms. The first-order valence-corrected chi connectivity index (χ1v) is 10.4. The summed E-state index contributed by atoms with van der Waals surface area (Å²) in [6.07, 6.45) is 5.04. The first-order chi connectivity index (χ1) is 13.3. The van der Waals surface area contributed by atoms with Crippen LogP contribution in [0.2, 0.25) is 0 Å². The number of carbonyl (C=O) groups excluding carboxylic acids is 2. The molecule has 0 spiro atoms. The molecule has 2 aliphatic rings. The molecule has 0 aliphatic carbocycles. The highest BCUT2D eigenvalue weighted by Gasteiger charge is 2.25. The highest BCUT2D eigenvalue weighted by molar-refractivity contribution is 7.90. The minimum atomic E-state index is -3.45. The van der Waals surface area contributed by atoms with Gasteiger partial charge in [0.25, 0.3) is 15.9 Å². The maximum Gasteiger partial charge on any atom is 0.340 e. The third-order valence-electron chi connectivity index (χ3n) is 4.37. The lowest BCUT2D eigenvalue weighted by atomic mass is 10.1. The van der Waals surface area contributed by atoms with Gasteiger partial charge >= 0.3 is 5.97 Å². The van der Waals surface area contributed by atoms with Gasteiger partial charge in [-0.3, -0.25) is 4.79 Å². The second-order valence-electron chi connectivity index (χ2n) is 6.45. The van der Waals surface area contributed by atoms with Gasteiger partial charge in [0.1, 0.15) is 5.84 Å². The molecular formula is C19H21N3O5S. The van der Waals surface area contributed by atoms with Gasteiger partial charge in [0.05, 0.1) is 11.3 Å². The molecule has 2 heterocycles. The number of fused-ring (bicyclic) bond motifs is 1. The van der Waals surface area contributed by atoms with E-state index in [1.807, 2.05) is 31.2 Å². The monoisotopic (exact) mass is 403 g/mol. The Balaban J connectivity index is 1.45. The third-order valence-corrected chi connectivity index (χ3v) is 5.54. The van der Waals surface area contributed by atoms with Gasteiger partial charge in [0, 0.05) is 19.3 Å². The molecule has 1 N–H and O–H groups in total. The van der Waals surface area contributed by atoms with Gasteiger partial charge < -0.3 is 15.0 Å². The van der Waals surface area contributed by atoms with E-state index >= 15 is 0 Å². The lowest BCUT2D eigenvalue weighted by Gasteiger charge is -2.26. The number of nitrogens with one attached hydrogen (secondary N) is 1. The number of esters is 1. The summed E-state index contributed by atoms with van der Waals surface area (Å²) in [5.74, 6) is -0.893. The van der Waals surface area contributed by atoms with E-state index in [1.54, 1.807) is 4.90 Å². The highest BCUT2D eigenvalue weighted by atomic mass is 32.2. The van der Waals surface area contributed by atoms with E-state index in [-0.39, 0.29) is 36.2 Å². The van der Waals surface area contributed by atoms with Crippen LogP contribution in [0.3, 0.4) is 0 Å². The van der Waals surface area contributed by atoms with Crippen molar-refractivity contribution >= 4 is 27.7 Å². The SMILES string of the molecule is Cc1ccccc1CCNC(=O)COC(=O)C1=CN2CCS(=O)(=O)N=C2C=C1. The summed E-state index contributed by atoms with van der Waals surface area (Å²) in [4.78, 5) is 25.6. The van der Waals surface area contributed by atoms with Crippen LogP contribution >= 0.6 is 0 Å². The molecule has 0 radical (unpaired) electrons. The van der Waals surface area contributed by atoms with E-state index in [4.69, 9.17) is 4.74 Å². The van der Waals surface area contributed by atoms with Crippen molar-refractivity contribution in [2.24, 2.45) is 4.40 Å². The molecule has 1 aromatic rings. The fourth-order valence-corrected chi connectivity index (χ4v) is 3.78. The van der Waals surface area contributed by atoms with E-state index < -0.39 is 16.0 Å². The number of benzene rings is 1. The van der Waals surface area contributed by atoms with E-state index in [2.05, 4.69) is 9.71 Å². The van der Waals surface area contributed by atoms with Gasteiger partial charge in [-0.2, -0.15) is 0 Å². The predicted octanol–water partition coefficient (Wildman–Crippen LogP) is 0.695. The molecule has 0 bridgehead atoms. The fourth-order valence-electron chi connectivity index (χ4n) is 2.81. The van der Waals surface area contributed by atoms with Gasteiger partial charge in [-0.15, -0.1) is 4.40 Å². The van der Waals surface area contributed by atoms with E-state index in [9.17, 15) is 18.0 Å². The summed E-state index contributed by atoms with van der Waals surface area (Å²) in [5.41, 5.74) is 2.54. The third kappa shape index (κ3) is 5.07. The van der Waals surface area contributed by atoms with E-state index in [0.717, 1.165) is 11.1 Å². The molecule has 0 saturated heterocycles. The molecule has 1 amide bonds. The Kier molecular flexibility index (Phi) is 5.93. The van der Waals surface area contributed by atoms with Crippen molar-refractivity contribution in [3.63, 3.8) is 0 Å². The highest BCUT2D eigenvalue weighted by Crippen LogP contribution is 2.16. The van der Waals surface area contributed by atoms with Crippen molar-refractivity contribution in [1.29, 1.82) is 0 Å². The van der Waals surface area contributed by atoms with Crippen LogP contribution in [0.1, 0.15) is 11.1 Å². The number of amidine groups is 1. The molecule has 8 nitrogen and oxygen atoms in total. The van der Waals surface area contributed by atoms with Crippen LogP contribution in [-0.4, -0.2) is 56.5 Å². The Morgan fingerprint density at radius 2 is 2.04 bits per heavy atom. The van der Waals surface area contributed by atoms with Crippen molar-refractivity contribution in [2.75, 3.05) is 25.4 Å². The molecule has 0 fully saturated rings. The molecule has 28 heavy (non-hydrogen) atoms. The summed E-state index contributed by atoms with van der Waals surface area (Å²) in [6, 6.07) is 7.93. The standard InChI is InChI=1S/C19H21N3O5S/c1-14-4-2-3-5-15(14)8-9-20-18(23)13-27-19(24)16-6-7-17-21-28(25,26)11-10-22(17)12-16/h2-7,12H,8-11,13H2,1H3,(H,20,23). The quantitative estimate of drug-likeness (QED) is 0.701. The average Bonchev–Trinajstić information content (AvgIpc) is 2.66. The topological polar surface area (TPSA) is 105 Å². The van der Waals surface area contributed by atoms with E-state index in [0.29, 0.717) is 13.0 Å². The predicted molar refractivity (Wildman–Crippen MR) is 104 cm³/mol. The van der Waals surface area contributed by atoms with Crippen molar-refractivity contribution < 1.29 is 22.7 Å². The maximum atomic E-state index is 12.1. The largest absolute Gasteiger partial charge is 0.452 e. The molecule has 148 valence electrons. The van der Waals surface area contributed by atoms with E-state index in [1.165, 1.54) is 18.4 Å². The molecular weight excluding hydrogens is 382 g/mol. The zero-order chi connectivity index (χ0) is 20.1. The van der Waals surface area contributed by atoms with Crippen LogP contribution in [-0.2, 0) is 30.8 Å². The zero-order valence-electron chi connectivity index (χ0n) is 15.4. The summed E-state index contributed by atoms with van der Waals surface area (Å²) < 4.78 is 31.6. The van der Waals surface area contributed by atoms with Crippen molar-refractivity contribution in [2.45, 2.75) is 13.3 Å². The minimum absolute atomic E-state index is 0.119. The van der Waals surface area contributed by atoms with Crippen molar-refractivity contribution in [3.05, 3.63) is 59.3 Å². The van der Waals surface area contributed by atoms with Crippen LogP contribution < -0.4 is 5.32 Å². The van der Waals surface area contributed by atoms with Crippen LogP contribution in [0.25, 0.3) is 0 Å². The van der Waals surface area contributed by atoms with Crippen LogP contribution in [0.5, 0.6) is 0 Å². The van der Waals surface area contributed by atoms with Crippen molar-refractivity contribution in [1.82, 2.24) is 10.2 Å². The van der Waals surface area contributed by atoms with Crippen LogP contribution in [0, 0.1) is 6.92 Å². The zero-order valence-corrected chi connectivity index (χ0v) is 16.2. The molecule has 2 aliphatic heterocycles. The van der Waals surface area contributed by atoms with Crippen LogP contribution in [0.15, 0.2) is 52.6 Å². The van der Waals surface area contributed by atoms with Crippen LogP contribution in [0.4, 0.5) is 0 Å². The second kappa shape index (κ2) is 8.39. The molecule has 0 saturated carbocycles. The Morgan fingerprint density at radius 3 is 2.82 bits per heavy atom. The Hall–Kier alpha value is -2.94. The summed E-state index contributed by atoms with van der Waals surface area (Å²) in [5, 5.41) is 2.72. The summed E-state index contributed by atoms with van der Waals surface area (Å²) >= 11 is 0. The number of hydrogen-bond donors (Lipinski definition) is 1. The number of ether oxygens (including phenoxy) is 1. The fraction of sp³-hybridized carbons (Fsp3) is 0.316. The molecule has 0 atom stereocenters.